The first-order valence-corrected chi connectivity index (χ1v) is 11.5. The van der Waals surface area contributed by atoms with Gasteiger partial charge in [0.25, 0.3) is 0 Å². The van der Waals surface area contributed by atoms with Gasteiger partial charge in [0, 0.05) is 28.0 Å². The van der Waals surface area contributed by atoms with E-state index in [9.17, 15) is 0 Å². The van der Waals surface area contributed by atoms with Crippen molar-refractivity contribution in [2.45, 2.75) is 45.4 Å². The smallest absolute Gasteiger partial charge is 0.142 e. The summed E-state index contributed by atoms with van der Waals surface area (Å²) in [5, 5.41) is 9.70. The molecular weight excluding hydrogens is 380 g/mol. The van der Waals surface area contributed by atoms with Gasteiger partial charge >= 0.3 is 0 Å². The number of benzene rings is 4. The highest BCUT2D eigenvalue weighted by Crippen LogP contribution is 2.37. The van der Waals surface area contributed by atoms with E-state index < -0.39 is 0 Å². The van der Waals surface area contributed by atoms with Crippen LogP contribution >= 0.6 is 0 Å². The summed E-state index contributed by atoms with van der Waals surface area (Å²) >= 11 is 0. The van der Waals surface area contributed by atoms with E-state index in [1.807, 2.05) is 6.07 Å². The lowest BCUT2D eigenvalue weighted by Gasteiger charge is -2.08. The molecule has 6 aromatic rings. The van der Waals surface area contributed by atoms with Gasteiger partial charge in [-0.25, -0.2) is 0 Å². The second-order valence-corrected chi connectivity index (χ2v) is 8.68. The molecule has 0 atom stereocenters. The minimum absolute atomic E-state index is 0.963. The van der Waals surface area contributed by atoms with Crippen molar-refractivity contribution >= 4 is 54.3 Å². The molecular formula is C29H26O2. The minimum atomic E-state index is 0.963. The third-order valence-electron chi connectivity index (χ3n) is 6.67. The van der Waals surface area contributed by atoms with E-state index >= 15 is 0 Å². The van der Waals surface area contributed by atoms with Gasteiger partial charge in [-0.15, -0.1) is 0 Å². The largest absolute Gasteiger partial charge is 0.464 e. The van der Waals surface area contributed by atoms with Gasteiger partial charge in [-0.1, -0.05) is 69.0 Å². The standard InChI is InChI=1S/C29H26O2/c1-2-3-4-5-6-7-21-18-20-9-11-25-23-12-14-26-24(10-8-19-16-17-30-28(19)26)22(23)13-15-27(25)29(20)31-21/h8-18H,2-7H2,1H3. The van der Waals surface area contributed by atoms with Crippen LogP contribution in [0.5, 0.6) is 0 Å². The molecule has 154 valence electrons. The van der Waals surface area contributed by atoms with Gasteiger partial charge in [-0.3, -0.25) is 0 Å². The molecule has 0 aliphatic rings. The van der Waals surface area contributed by atoms with Crippen LogP contribution in [-0.4, -0.2) is 0 Å². The highest BCUT2D eigenvalue weighted by atomic mass is 16.3. The Morgan fingerprint density at radius 1 is 0.581 bits per heavy atom. The van der Waals surface area contributed by atoms with E-state index in [0.29, 0.717) is 0 Å². The lowest BCUT2D eigenvalue weighted by Crippen LogP contribution is -1.83. The van der Waals surface area contributed by atoms with Gasteiger partial charge in [0.1, 0.15) is 16.9 Å². The highest BCUT2D eigenvalue weighted by molar-refractivity contribution is 6.23. The van der Waals surface area contributed by atoms with Gasteiger partial charge < -0.3 is 8.83 Å². The number of furan rings is 2. The molecule has 0 radical (unpaired) electrons. The monoisotopic (exact) mass is 406 g/mol. The van der Waals surface area contributed by atoms with E-state index in [1.165, 1.54) is 69.8 Å². The van der Waals surface area contributed by atoms with Crippen LogP contribution in [0.15, 0.2) is 75.8 Å². The Morgan fingerprint density at radius 3 is 1.97 bits per heavy atom. The maximum absolute atomic E-state index is 6.36. The number of hydrogen-bond acceptors (Lipinski definition) is 2. The molecule has 0 N–H and O–H groups in total. The summed E-state index contributed by atoms with van der Waals surface area (Å²) in [6.07, 6.45) is 9.22. The molecule has 4 aromatic carbocycles. The third-order valence-corrected chi connectivity index (χ3v) is 6.67. The zero-order valence-corrected chi connectivity index (χ0v) is 17.9. The SMILES string of the molecule is CCCCCCCc1cc2ccc3c4ccc5c(ccc6ccoc65)c4ccc3c2o1. The fraction of sp³-hybridized carbons (Fsp3) is 0.241. The van der Waals surface area contributed by atoms with Crippen LogP contribution < -0.4 is 0 Å². The maximum atomic E-state index is 6.36. The number of fused-ring (bicyclic) bond motifs is 9. The van der Waals surface area contributed by atoms with Crippen molar-refractivity contribution in [1.82, 2.24) is 0 Å². The Morgan fingerprint density at radius 2 is 1.19 bits per heavy atom. The molecule has 6 rings (SSSR count). The molecule has 31 heavy (non-hydrogen) atoms. The van der Waals surface area contributed by atoms with Crippen molar-refractivity contribution in [3.63, 3.8) is 0 Å². The predicted molar refractivity (Wildman–Crippen MR) is 131 cm³/mol. The summed E-state index contributed by atoms with van der Waals surface area (Å²) < 4.78 is 12.1. The third kappa shape index (κ3) is 3.01. The predicted octanol–water partition coefficient (Wildman–Crippen LogP) is 9.15. The van der Waals surface area contributed by atoms with E-state index in [4.69, 9.17) is 8.83 Å². The molecule has 0 aliphatic heterocycles. The maximum Gasteiger partial charge on any atom is 0.142 e. The summed E-state index contributed by atoms with van der Waals surface area (Å²) in [5.41, 5.74) is 1.98. The zero-order valence-electron chi connectivity index (χ0n) is 17.9. The molecule has 2 heteroatoms. The summed E-state index contributed by atoms with van der Waals surface area (Å²) in [6, 6.07) is 21.9. The molecule has 0 aliphatic carbocycles. The summed E-state index contributed by atoms with van der Waals surface area (Å²) in [4.78, 5) is 0. The van der Waals surface area contributed by atoms with Crippen LogP contribution in [0, 0.1) is 0 Å². The molecule has 2 nitrogen and oxygen atoms in total. The van der Waals surface area contributed by atoms with Crippen molar-refractivity contribution in [2.75, 3.05) is 0 Å². The Kier molecular flexibility index (Phi) is 4.45. The molecule has 0 saturated heterocycles. The van der Waals surface area contributed by atoms with Crippen LogP contribution in [0.25, 0.3) is 54.3 Å². The van der Waals surface area contributed by atoms with Gasteiger partial charge in [0.15, 0.2) is 0 Å². The van der Waals surface area contributed by atoms with E-state index in [0.717, 1.165) is 28.7 Å². The Labute approximate surface area is 181 Å². The zero-order chi connectivity index (χ0) is 20.8. The summed E-state index contributed by atoms with van der Waals surface area (Å²) in [5.74, 6) is 1.11. The normalized spacial score (nSPS) is 12.2. The van der Waals surface area contributed by atoms with Gasteiger partial charge in [0.05, 0.1) is 6.26 Å². The minimum Gasteiger partial charge on any atom is -0.464 e. The Bertz CT molecular complexity index is 1550. The van der Waals surface area contributed by atoms with Crippen LogP contribution in [0.4, 0.5) is 0 Å². The van der Waals surface area contributed by atoms with Gasteiger partial charge in [0.2, 0.25) is 0 Å². The molecule has 0 spiro atoms. The number of aryl methyl sites for hydroxylation is 1. The first-order valence-electron chi connectivity index (χ1n) is 11.5. The molecule has 0 saturated carbocycles. The van der Waals surface area contributed by atoms with Crippen molar-refractivity contribution in [1.29, 1.82) is 0 Å². The van der Waals surface area contributed by atoms with Crippen LogP contribution in [-0.2, 0) is 6.42 Å². The summed E-state index contributed by atoms with van der Waals surface area (Å²) in [7, 11) is 0. The van der Waals surface area contributed by atoms with Crippen molar-refractivity contribution in [3.8, 4) is 0 Å². The highest BCUT2D eigenvalue weighted by Gasteiger charge is 2.12. The molecule has 0 amide bonds. The number of unbranched alkanes of at least 4 members (excludes halogenated alkanes) is 4. The topological polar surface area (TPSA) is 26.3 Å². The van der Waals surface area contributed by atoms with Crippen LogP contribution in [0.3, 0.4) is 0 Å². The number of rotatable bonds is 6. The Balaban J connectivity index is 1.46. The van der Waals surface area contributed by atoms with Crippen molar-refractivity contribution in [3.05, 3.63) is 72.7 Å². The molecule has 0 bridgehead atoms. The van der Waals surface area contributed by atoms with E-state index in [-0.39, 0.29) is 0 Å². The quantitative estimate of drug-likeness (QED) is 0.203. The van der Waals surface area contributed by atoms with E-state index in [1.54, 1.807) is 6.26 Å². The van der Waals surface area contributed by atoms with Gasteiger partial charge in [-0.05, 0) is 52.2 Å². The van der Waals surface area contributed by atoms with Crippen LogP contribution in [0.2, 0.25) is 0 Å². The fourth-order valence-corrected chi connectivity index (χ4v) is 5.04. The van der Waals surface area contributed by atoms with Crippen LogP contribution in [0.1, 0.15) is 44.8 Å². The number of hydrogen-bond donors (Lipinski definition) is 0. The first kappa shape index (κ1) is 18.5. The molecule has 0 fully saturated rings. The Hall–Kier alpha value is -3.26. The molecule has 2 heterocycles. The van der Waals surface area contributed by atoms with Crippen molar-refractivity contribution in [2.24, 2.45) is 0 Å². The first-order chi connectivity index (χ1) is 15.3. The van der Waals surface area contributed by atoms with Crippen molar-refractivity contribution < 1.29 is 8.83 Å². The second kappa shape index (κ2) is 7.46. The fourth-order valence-electron chi connectivity index (χ4n) is 5.04. The lowest BCUT2D eigenvalue weighted by atomic mass is 9.95. The average Bonchev–Trinajstić information content (AvgIpc) is 3.45. The van der Waals surface area contributed by atoms with E-state index in [2.05, 4.69) is 61.5 Å². The van der Waals surface area contributed by atoms with Gasteiger partial charge in [-0.2, -0.15) is 0 Å². The lowest BCUT2D eigenvalue weighted by molar-refractivity contribution is 0.526. The molecule has 2 aromatic heterocycles. The summed E-state index contributed by atoms with van der Waals surface area (Å²) in [6.45, 7) is 2.26. The second-order valence-electron chi connectivity index (χ2n) is 8.68. The molecule has 0 unspecified atom stereocenters. The average molecular weight is 407 g/mol.